The summed E-state index contributed by atoms with van der Waals surface area (Å²) in [4.78, 5) is 0. The van der Waals surface area contributed by atoms with Crippen molar-refractivity contribution in [3.8, 4) is 17.6 Å². The van der Waals surface area contributed by atoms with Crippen LogP contribution in [0.4, 0.5) is 0 Å². The Morgan fingerprint density at radius 3 is 2.35 bits per heavy atom. The van der Waals surface area contributed by atoms with Crippen LogP contribution in [0.2, 0.25) is 0 Å². The van der Waals surface area contributed by atoms with Crippen LogP contribution < -0.4 is 4.74 Å². The lowest BCUT2D eigenvalue weighted by Crippen LogP contribution is -1.97. The van der Waals surface area contributed by atoms with Crippen LogP contribution in [-0.4, -0.2) is 5.11 Å². The van der Waals surface area contributed by atoms with Crippen molar-refractivity contribution < 1.29 is 9.84 Å². The number of hydrogen-bond acceptors (Lipinski definition) is 3. The highest BCUT2D eigenvalue weighted by Gasteiger charge is 2.12. The van der Waals surface area contributed by atoms with E-state index >= 15 is 0 Å². The Labute approximate surface area is 99.5 Å². The molecule has 84 valence electrons. The minimum atomic E-state index is -1.17. The van der Waals surface area contributed by atoms with E-state index in [2.05, 4.69) is 0 Å². The van der Waals surface area contributed by atoms with Gasteiger partial charge in [0.15, 0.2) is 6.10 Å². The maximum absolute atomic E-state index is 9.55. The lowest BCUT2D eigenvalue weighted by molar-refractivity contribution is 0.231. The fraction of sp³-hybridized carbons (Fsp3) is 0.0714. The second kappa shape index (κ2) is 5.15. The Morgan fingerprint density at radius 2 is 1.65 bits per heavy atom. The predicted octanol–water partition coefficient (Wildman–Crippen LogP) is 3.04. The summed E-state index contributed by atoms with van der Waals surface area (Å²) in [5.74, 6) is 1.16. The van der Waals surface area contributed by atoms with Crippen molar-refractivity contribution in [1.29, 1.82) is 5.26 Å². The Hall–Kier alpha value is -2.31. The van der Waals surface area contributed by atoms with Crippen LogP contribution in [0.1, 0.15) is 11.7 Å². The largest absolute Gasteiger partial charge is 0.457 e. The second-order valence-corrected chi connectivity index (χ2v) is 3.48. The number of rotatable bonds is 3. The first kappa shape index (κ1) is 11.2. The first-order valence-corrected chi connectivity index (χ1v) is 5.21. The number of nitriles is 1. The standard InChI is InChI=1S/C14H11NO2/c15-10-13(16)12-8-4-5-9-14(12)17-11-6-2-1-3-7-11/h1-9,13,16H. The van der Waals surface area contributed by atoms with E-state index in [0.29, 0.717) is 17.1 Å². The number of benzene rings is 2. The summed E-state index contributed by atoms with van der Waals surface area (Å²) in [7, 11) is 0. The van der Waals surface area contributed by atoms with Crippen LogP contribution in [0.25, 0.3) is 0 Å². The molecule has 3 nitrogen and oxygen atoms in total. The summed E-state index contributed by atoms with van der Waals surface area (Å²) < 4.78 is 5.62. The van der Waals surface area contributed by atoms with Crippen molar-refractivity contribution in [2.75, 3.05) is 0 Å². The zero-order valence-electron chi connectivity index (χ0n) is 9.08. The van der Waals surface area contributed by atoms with Crippen LogP contribution in [-0.2, 0) is 0 Å². The van der Waals surface area contributed by atoms with Gasteiger partial charge in [0.2, 0.25) is 0 Å². The molecule has 0 saturated heterocycles. The Bertz CT molecular complexity index is 531. The maximum Gasteiger partial charge on any atom is 0.169 e. The molecule has 0 fully saturated rings. The Kier molecular flexibility index (Phi) is 3.39. The van der Waals surface area contributed by atoms with Gasteiger partial charge in [0, 0.05) is 5.56 Å². The zero-order chi connectivity index (χ0) is 12.1. The molecule has 0 aliphatic heterocycles. The molecule has 2 aromatic rings. The topological polar surface area (TPSA) is 53.2 Å². The van der Waals surface area contributed by atoms with E-state index in [1.165, 1.54) is 0 Å². The zero-order valence-corrected chi connectivity index (χ0v) is 9.08. The highest BCUT2D eigenvalue weighted by atomic mass is 16.5. The van der Waals surface area contributed by atoms with Gasteiger partial charge in [-0.25, -0.2) is 0 Å². The van der Waals surface area contributed by atoms with Crippen molar-refractivity contribution in [2.45, 2.75) is 6.10 Å². The van der Waals surface area contributed by atoms with Gasteiger partial charge >= 0.3 is 0 Å². The lowest BCUT2D eigenvalue weighted by atomic mass is 10.1. The van der Waals surface area contributed by atoms with Gasteiger partial charge in [-0.15, -0.1) is 0 Å². The number of ether oxygens (including phenoxy) is 1. The normalized spacial score (nSPS) is 11.5. The number of para-hydroxylation sites is 2. The molecular weight excluding hydrogens is 214 g/mol. The number of nitrogens with zero attached hydrogens (tertiary/aromatic N) is 1. The van der Waals surface area contributed by atoms with Crippen LogP contribution in [0.3, 0.4) is 0 Å². The highest BCUT2D eigenvalue weighted by molar-refractivity contribution is 5.40. The summed E-state index contributed by atoms with van der Waals surface area (Å²) in [6, 6.07) is 18.0. The lowest BCUT2D eigenvalue weighted by Gasteiger charge is -2.11. The summed E-state index contributed by atoms with van der Waals surface area (Å²) in [5, 5.41) is 18.3. The molecule has 0 aliphatic carbocycles. The highest BCUT2D eigenvalue weighted by Crippen LogP contribution is 2.28. The van der Waals surface area contributed by atoms with E-state index in [0.717, 1.165) is 0 Å². The third-order valence-electron chi connectivity index (χ3n) is 2.31. The molecule has 0 amide bonds. The monoisotopic (exact) mass is 225 g/mol. The van der Waals surface area contributed by atoms with Crippen molar-refractivity contribution >= 4 is 0 Å². The molecule has 1 unspecified atom stereocenters. The smallest absolute Gasteiger partial charge is 0.169 e. The molecule has 2 aromatic carbocycles. The van der Waals surface area contributed by atoms with E-state index in [4.69, 9.17) is 10.00 Å². The molecule has 3 heteroatoms. The minimum absolute atomic E-state index is 0.471. The molecule has 0 aromatic heterocycles. The van der Waals surface area contributed by atoms with E-state index < -0.39 is 6.10 Å². The Morgan fingerprint density at radius 1 is 1.00 bits per heavy atom. The molecule has 0 bridgehead atoms. The number of aliphatic hydroxyl groups is 1. The van der Waals surface area contributed by atoms with Gasteiger partial charge in [-0.2, -0.15) is 5.26 Å². The summed E-state index contributed by atoms with van der Waals surface area (Å²) in [6.45, 7) is 0. The van der Waals surface area contributed by atoms with Crippen LogP contribution >= 0.6 is 0 Å². The van der Waals surface area contributed by atoms with Crippen molar-refractivity contribution in [3.05, 3.63) is 60.2 Å². The summed E-state index contributed by atoms with van der Waals surface area (Å²) in [5.41, 5.74) is 0.471. The quantitative estimate of drug-likeness (QED) is 0.817. The van der Waals surface area contributed by atoms with Crippen LogP contribution in [0.5, 0.6) is 11.5 Å². The molecule has 2 rings (SSSR count). The van der Waals surface area contributed by atoms with Gasteiger partial charge in [-0.05, 0) is 18.2 Å². The van der Waals surface area contributed by atoms with Gasteiger partial charge in [-0.1, -0.05) is 36.4 Å². The first-order chi connectivity index (χ1) is 8.31. The average Bonchev–Trinajstić information content (AvgIpc) is 2.40. The predicted molar refractivity (Wildman–Crippen MR) is 63.5 cm³/mol. The fourth-order valence-corrected chi connectivity index (χ4v) is 1.48. The van der Waals surface area contributed by atoms with Gasteiger partial charge in [0.1, 0.15) is 11.5 Å². The molecule has 17 heavy (non-hydrogen) atoms. The first-order valence-electron chi connectivity index (χ1n) is 5.21. The second-order valence-electron chi connectivity index (χ2n) is 3.48. The van der Waals surface area contributed by atoms with Gasteiger partial charge < -0.3 is 9.84 Å². The Balaban J connectivity index is 2.31. The summed E-state index contributed by atoms with van der Waals surface area (Å²) >= 11 is 0. The van der Waals surface area contributed by atoms with Crippen molar-refractivity contribution in [1.82, 2.24) is 0 Å². The van der Waals surface area contributed by atoms with E-state index in [9.17, 15) is 5.11 Å². The van der Waals surface area contributed by atoms with Crippen LogP contribution in [0.15, 0.2) is 54.6 Å². The third-order valence-corrected chi connectivity index (χ3v) is 2.31. The third kappa shape index (κ3) is 2.63. The molecular formula is C14H11NO2. The number of aliphatic hydroxyl groups excluding tert-OH is 1. The molecule has 1 N–H and O–H groups in total. The maximum atomic E-state index is 9.55. The van der Waals surface area contributed by atoms with Crippen LogP contribution in [0, 0.1) is 11.3 Å². The molecule has 0 saturated carbocycles. The van der Waals surface area contributed by atoms with Crippen molar-refractivity contribution in [2.24, 2.45) is 0 Å². The molecule has 0 radical (unpaired) electrons. The molecule has 0 spiro atoms. The van der Waals surface area contributed by atoms with Gasteiger partial charge in [0.05, 0.1) is 6.07 Å². The molecule has 1 atom stereocenters. The van der Waals surface area contributed by atoms with E-state index in [1.807, 2.05) is 30.3 Å². The van der Waals surface area contributed by atoms with E-state index in [-0.39, 0.29) is 0 Å². The number of hydrogen-bond donors (Lipinski definition) is 1. The molecule has 0 heterocycles. The van der Waals surface area contributed by atoms with Crippen molar-refractivity contribution in [3.63, 3.8) is 0 Å². The average molecular weight is 225 g/mol. The minimum Gasteiger partial charge on any atom is -0.457 e. The summed E-state index contributed by atoms with van der Waals surface area (Å²) in [6.07, 6.45) is -1.17. The fourth-order valence-electron chi connectivity index (χ4n) is 1.48. The SMILES string of the molecule is N#CC(O)c1ccccc1Oc1ccccc1. The molecule has 0 aliphatic rings. The van der Waals surface area contributed by atoms with Gasteiger partial charge in [-0.3, -0.25) is 0 Å². The van der Waals surface area contributed by atoms with Gasteiger partial charge in [0.25, 0.3) is 0 Å². The van der Waals surface area contributed by atoms with E-state index in [1.54, 1.807) is 30.3 Å².